The SMILES string of the molecule is O=C(Cc1noc2ccccc12)N1CCc2oc(C3CCOCC3)nc2C1. The van der Waals surface area contributed by atoms with Crippen LogP contribution in [-0.2, 0) is 28.9 Å². The van der Waals surface area contributed by atoms with Crippen molar-refractivity contribution in [1.82, 2.24) is 15.0 Å². The fourth-order valence-electron chi connectivity index (χ4n) is 3.87. The molecule has 0 unspecified atom stereocenters. The Bertz CT molecular complexity index is 971. The monoisotopic (exact) mass is 367 g/mol. The second kappa shape index (κ2) is 6.81. The van der Waals surface area contributed by atoms with Crippen LogP contribution in [-0.4, -0.2) is 40.7 Å². The molecule has 1 fully saturated rings. The molecule has 0 atom stereocenters. The number of oxazole rings is 1. The van der Waals surface area contributed by atoms with E-state index < -0.39 is 0 Å². The Labute approximate surface area is 156 Å². The zero-order chi connectivity index (χ0) is 18.2. The van der Waals surface area contributed by atoms with Crippen molar-refractivity contribution < 1.29 is 18.5 Å². The molecule has 2 aromatic heterocycles. The number of rotatable bonds is 3. The number of benzene rings is 1. The highest BCUT2D eigenvalue weighted by atomic mass is 16.5. The molecule has 0 spiro atoms. The van der Waals surface area contributed by atoms with Crippen molar-refractivity contribution in [2.24, 2.45) is 0 Å². The van der Waals surface area contributed by atoms with Gasteiger partial charge in [0.2, 0.25) is 5.91 Å². The highest BCUT2D eigenvalue weighted by Gasteiger charge is 2.29. The molecular weight excluding hydrogens is 346 g/mol. The van der Waals surface area contributed by atoms with Crippen LogP contribution in [0.4, 0.5) is 0 Å². The first-order valence-electron chi connectivity index (χ1n) is 9.45. The van der Waals surface area contributed by atoms with Crippen molar-refractivity contribution in [3.8, 4) is 0 Å². The molecular formula is C20H21N3O4. The molecule has 7 nitrogen and oxygen atoms in total. The Morgan fingerprint density at radius 2 is 2.07 bits per heavy atom. The molecule has 27 heavy (non-hydrogen) atoms. The van der Waals surface area contributed by atoms with Crippen LogP contribution in [0.2, 0.25) is 0 Å². The molecule has 1 aromatic carbocycles. The normalized spacial score (nSPS) is 18.0. The number of carbonyl (C=O) groups is 1. The van der Waals surface area contributed by atoms with Crippen molar-refractivity contribution in [2.75, 3.05) is 19.8 Å². The second-order valence-electron chi connectivity index (χ2n) is 7.18. The quantitative estimate of drug-likeness (QED) is 0.708. The van der Waals surface area contributed by atoms with Gasteiger partial charge in [0.1, 0.15) is 17.1 Å². The molecule has 2 aliphatic rings. The summed E-state index contributed by atoms with van der Waals surface area (Å²) in [6, 6.07) is 7.61. The number of carbonyl (C=O) groups excluding carboxylic acids is 1. The highest BCUT2D eigenvalue weighted by molar-refractivity contribution is 5.86. The summed E-state index contributed by atoms with van der Waals surface area (Å²) in [5, 5.41) is 4.97. The fraction of sp³-hybridized carbons (Fsp3) is 0.450. The molecule has 0 N–H and O–H groups in total. The van der Waals surface area contributed by atoms with Crippen molar-refractivity contribution in [3.05, 3.63) is 47.3 Å². The average Bonchev–Trinajstić information content (AvgIpc) is 3.32. The molecule has 0 radical (unpaired) electrons. The summed E-state index contributed by atoms with van der Waals surface area (Å²) < 4.78 is 16.7. The largest absolute Gasteiger partial charge is 0.445 e. The molecule has 140 valence electrons. The first kappa shape index (κ1) is 16.5. The topological polar surface area (TPSA) is 81.6 Å². The summed E-state index contributed by atoms with van der Waals surface area (Å²) in [4.78, 5) is 19.3. The minimum atomic E-state index is 0.0373. The lowest BCUT2D eigenvalue weighted by Gasteiger charge is -2.25. The summed E-state index contributed by atoms with van der Waals surface area (Å²) in [7, 11) is 0. The molecule has 2 aliphatic heterocycles. The van der Waals surface area contributed by atoms with Gasteiger partial charge in [-0.25, -0.2) is 4.98 Å². The lowest BCUT2D eigenvalue weighted by molar-refractivity contribution is -0.131. The number of hydrogen-bond acceptors (Lipinski definition) is 6. The lowest BCUT2D eigenvalue weighted by Crippen LogP contribution is -2.36. The Hall–Kier alpha value is -2.67. The standard InChI is InChI=1S/C20H21N3O4/c24-19(11-15-14-3-1-2-4-17(14)27-22-15)23-8-5-18-16(12-23)21-20(26-18)13-6-9-25-10-7-13/h1-4,13H,5-12H2. The molecule has 1 saturated heterocycles. The molecule has 4 heterocycles. The van der Waals surface area contributed by atoms with E-state index in [9.17, 15) is 4.79 Å². The van der Waals surface area contributed by atoms with Gasteiger partial charge in [0, 0.05) is 37.5 Å². The van der Waals surface area contributed by atoms with Gasteiger partial charge >= 0.3 is 0 Å². The summed E-state index contributed by atoms with van der Waals surface area (Å²) >= 11 is 0. The maximum Gasteiger partial charge on any atom is 0.229 e. The summed E-state index contributed by atoms with van der Waals surface area (Å²) in [5.74, 6) is 2.10. The van der Waals surface area contributed by atoms with Gasteiger partial charge in [0.25, 0.3) is 0 Å². The first-order valence-corrected chi connectivity index (χ1v) is 9.45. The minimum absolute atomic E-state index is 0.0373. The predicted molar refractivity (Wildman–Crippen MR) is 96.1 cm³/mol. The van der Waals surface area contributed by atoms with E-state index >= 15 is 0 Å². The van der Waals surface area contributed by atoms with Crippen LogP contribution in [0.25, 0.3) is 11.0 Å². The number of aromatic nitrogens is 2. The second-order valence-corrected chi connectivity index (χ2v) is 7.18. The third-order valence-electron chi connectivity index (χ3n) is 5.44. The Morgan fingerprint density at radius 3 is 2.96 bits per heavy atom. The van der Waals surface area contributed by atoms with Gasteiger partial charge < -0.3 is 18.6 Å². The average molecular weight is 367 g/mol. The number of hydrogen-bond donors (Lipinski definition) is 0. The Kier molecular flexibility index (Phi) is 4.16. The number of ether oxygens (including phenoxy) is 1. The maximum atomic E-state index is 12.8. The van der Waals surface area contributed by atoms with E-state index in [2.05, 4.69) is 5.16 Å². The van der Waals surface area contributed by atoms with Crippen LogP contribution in [0.1, 0.15) is 41.8 Å². The van der Waals surface area contributed by atoms with E-state index in [4.69, 9.17) is 18.7 Å². The van der Waals surface area contributed by atoms with Crippen LogP contribution in [0.5, 0.6) is 0 Å². The Balaban J connectivity index is 1.30. The van der Waals surface area contributed by atoms with Gasteiger partial charge in [-0.05, 0) is 25.0 Å². The van der Waals surface area contributed by atoms with E-state index in [1.807, 2.05) is 29.2 Å². The minimum Gasteiger partial charge on any atom is -0.445 e. The van der Waals surface area contributed by atoms with Crippen molar-refractivity contribution >= 4 is 16.9 Å². The number of nitrogens with zero attached hydrogens (tertiary/aromatic N) is 3. The zero-order valence-corrected chi connectivity index (χ0v) is 15.0. The molecule has 1 amide bonds. The molecule has 7 heteroatoms. The van der Waals surface area contributed by atoms with Crippen LogP contribution >= 0.6 is 0 Å². The first-order chi connectivity index (χ1) is 13.3. The summed E-state index contributed by atoms with van der Waals surface area (Å²) in [6.45, 7) is 2.66. The van der Waals surface area contributed by atoms with Crippen LogP contribution in [0.3, 0.4) is 0 Å². The maximum absolute atomic E-state index is 12.8. The third-order valence-corrected chi connectivity index (χ3v) is 5.44. The van der Waals surface area contributed by atoms with Crippen LogP contribution in [0.15, 0.2) is 33.2 Å². The Morgan fingerprint density at radius 1 is 1.22 bits per heavy atom. The summed E-state index contributed by atoms with van der Waals surface area (Å²) in [6.07, 6.45) is 2.83. The van der Waals surface area contributed by atoms with Crippen LogP contribution < -0.4 is 0 Å². The van der Waals surface area contributed by atoms with Crippen molar-refractivity contribution in [3.63, 3.8) is 0 Å². The molecule has 0 bridgehead atoms. The van der Waals surface area contributed by atoms with Gasteiger partial charge in [-0.2, -0.15) is 0 Å². The number of fused-ring (bicyclic) bond motifs is 2. The van der Waals surface area contributed by atoms with Gasteiger partial charge in [-0.3, -0.25) is 4.79 Å². The third kappa shape index (κ3) is 3.12. The molecule has 0 saturated carbocycles. The number of amides is 1. The van der Waals surface area contributed by atoms with E-state index in [1.165, 1.54) is 0 Å². The highest BCUT2D eigenvalue weighted by Crippen LogP contribution is 2.30. The smallest absolute Gasteiger partial charge is 0.229 e. The van der Waals surface area contributed by atoms with E-state index in [0.29, 0.717) is 36.7 Å². The predicted octanol–water partition coefficient (Wildman–Crippen LogP) is 2.84. The molecule has 3 aromatic rings. The van der Waals surface area contributed by atoms with Crippen molar-refractivity contribution in [2.45, 2.75) is 38.1 Å². The zero-order valence-electron chi connectivity index (χ0n) is 15.0. The van der Waals surface area contributed by atoms with Gasteiger partial charge in [0.15, 0.2) is 11.5 Å². The van der Waals surface area contributed by atoms with E-state index in [0.717, 1.165) is 48.8 Å². The van der Waals surface area contributed by atoms with Gasteiger partial charge in [0.05, 0.1) is 13.0 Å². The van der Waals surface area contributed by atoms with E-state index in [-0.39, 0.29) is 12.3 Å². The molecule has 0 aliphatic carbocycles. The van der Waals surface area contributed by atoms with Crippen molar-refractivity contribution in [1.29, 1.82) is 0 Å². The lowest BCUT2D eigenvalue weighted by atomic mass is 10.0. The molecule has 5 rings (SSSR count). The fourth-order valence-corrected chi connectivity index (χ4v) is 3.87. The van der Waals surface area contributed by atoms with E-state index in [1.54, 1.807) is 0 Å². The summed E-state index contributed by atoms with van der Waals surface area (Å²) in [5.41, 5.74) is 2.28. The van der Waals surface area contributed by atoms with Crippen LogP contribution in [0, 0.1) is 0 Å². The van der Waals surface area contributed by atoms with Gasteiger partial charge in [-0.15, -0.1) is 0 Å². The number of para-hydroxylation sites is 1. The van der Waals surface area contributed by atoms with Gasteiger partial charge in [-0.1, -0.05) is 17.3 Å².